The SMILES string of the molecule is O=C(Cc1cccc2ccccc12)NC(=S)NNC(=O)c1ccccc1[N+](=O)[O-]. The van der Waals surface area contributed by atoms with Crippen molar-refractivity contribution in [1.82, 2.24) is 16.2 Å². The molecular weight excluding hydrogens is 392 g/mol. The van der Waals surface area contributed by atoms with Gasteiger partial charge in [-0.2, -0.15) is 0 Å². The first-order valence-corrected chi connectivity index (χ1v) is 8.97. The van der Waals surface area contributed by atoms with Crippen LogP contribution in [0, 0.1) is 10.1 Å². The van der Waals surface area contributed by atoms with Gasteiger partial charge in [-0.3, -0.25) is 30.6 Å². The van der Waals surface area contributed by atoms with Crippen molar-refractivity contribution in [3.05, 3.63) is 88.0 Å². The van der Waals surface area contributed by atoms with E-state index < -0.39 is 10.8 Å². The number of hydrogen-bond donors (Lipinski definition) is 3. The van der Waals surface area contributed by atoms with Crippen LogP contribution in [0.25, 0.3) is 10.8 Å². The van der Waals surface area contributed by atoms with Crippen LogP contribution in [-0.4, -0.2) is 21.9 Å². The average molecular weight is 408 g/mol. The fourth-order valence-electron chi connectivity index (χ4n) is 2.83. The van der Waals surface area contributed by atoms with Crippen LogP contribution in [0.2, 0.25) is 0 Å². The van der Waals surface area contributed by atoms with Crippen molar-refractivity contribution in [3.63, 3.8) is 0 Å². The molecule has 3 aromatic carbocycles. The number of carbonyl (C=O) groups is 2. The number of rotatable bonds is 4. The second-order valence-electron chi connectivity index (χ2n) is 6.05. The van der Waals surface area contributed by atoms with Crippen LogP contribution in [-0.2, 0) is 11.2 Å². The monoisotopic (exact) mass is 408 g/mol. The van der Waals surface area contributed by atoms with E-state index in [4.69, 9.17) is 12.2 Å². The predicted octanol–water partition coefficient (Wildman–Crippen LogP) is 2.63. The summed E-state index contributed by atoms with van der Waals surface area (Å²) in [5, 5.41) is 15.3. The van der Waals surface area contributed by atoms with E-state index in [1.54, 1.807) is 0 Å². The van der Waals surface area contributed by atoms with Crippen LogP contribution in [0.3, 0.4) is 0 Å². The molecule has 0 heterocycles. The van der Waals surface area contributed by atoms with Crippen molar-refractivity contribution < 1.29 is 14.5 Å². The number of nitro benzene ring substituents is 1. The fourth-order valence-corrected chi connectivity index (χ4v) is 2.99. The molecule has 0 fully saturated rings. The quantitative estimate of drug-likeness (QED) is 0.347. The molecule has 29 heavy (non-hydrogen) atoms. The number of amides is 2. The van der Waals surface area contributed by atoms with Gasteiger partial charge < -0.3 is 5.32 Å². The van der Waals surface area contributed by atoms with E-state index >= 15 is 0 Å². The molecule has 0 unspecified atom stereocenters. The zero-order chi connectivity index (χ0) is 20.8. The van der Waals surface area contributed by atoms with Crippen molar-refractivity contribution in [3.8, 4) is 0 Å². The van der Waals surface area contributed by atoms with Crippen molar-refractivity contribution in [2.24, 2.45) is 0 Å². The Morgan fingerprint density at radius 3 is 2.41 bits per heavy atom. The van der Waals surface area contributed by atoms with Crippen molar-refractivity contribution >= 4 is 45.6 Å². The summed E-state index contributed by atoms with van der Waals surface area (Å²) in [4.78, 5) is 34.8. The minimum atomic E-state index is -0.747. The molecule has 146 valence electrons. The number of hydrogen-bond acceptors (Lipinski definition) is 5. The maximum Gasteiger partial charge on any atom is 0.282 e. The van der Waals surface area contributed by atoms with Gasteiger partial charge in [0.2, 0.25) is 5.91 Å². The summed E-state index contributed by atoms with van der Waals surface area (Å²) >= 11 is 5.00. The molecule has 0 saturated heterocycles. The molecule has 3 rings (SSSR count). The van der Waals surface area contributed by atoms with E-state index in [0.29, 0.717) is 0 Å². The van der Waals surface area contributed by atoms with E-state index in [1.807, 2.05) is 42.5 Å². The number of hydrazine groups is 1. The lowest BCUT2D eigenvalue weighted by Crippen LogP contribution is -2.48. The molecule has 0 aliphatic rings. The van der Waals surface area contributed by atoms with E-state index in [1.165, 1.54) is 24.3 Å². The van der Waals surface area contributed by atoms with Crippen LogP contribution >= 0.6 is 12.2 Å². The molecule has 3 N–H and O–H groups in total. The van der Waals surface area contributed by atoms with Gasteiger partial charge in [0.25, 0.3) is 11.6 Å². The molecular formula is C20H16N4O4S. The maximum absolute atomic E-state index is 12.3. The highest BCUT2D eigenvalue weighted by atomic mass is 32.1. The normalized spacial score (nSPS) is 10.2. The van der Waals surface area contributed by atoms with E-state index in [0.717, 1.165) is 16.3 Å². The molecule has 0 saturated carbocycles. The topological polar surface area (TPSA) is 113 Å². The standard InChI is InChI=1S/C20H16N4O4S/c25-18(12-14-8-5-7-13-6-1-2-9-15(13)14)21-20(29)23-22-19(26)16-10-3-4-11-17(16)24(27)28/h1-11H,12H2,(H,22,26)(H2,21,23,25,29). The number of para-hydroxylation sites is 1. The predicted molar refractivity (Wildman–Crippen MR) is 112 cm³/mol. The molecule has 0 radical (unpaired) electrons. The molecule has 9 heteroatoms. The van der Waals surface area contributed by atoms with Gasteiger partial charge in [0.15, 0.2) is 5.11 Å². The molecule has 0 spiro atoms. The Labute approximate surface area is 171 Å². The third-order valence-corrected chi connectivity index (χ3v) is 4.32. The summed E-state index contributed by atoms with van der Waals surface area (Å²) in [6, 6.07) is 18.9. The van der Waals surface area contributed by atoms with Crippen LogP contribution in [0.4, 0.5) is 5.69 Å². The number of carbonyl (C=O) groups excluding carboxylic acids is 2. The van der Waals surface area contributed by atoms with Gasteiger partial charge in [-0.1, -0.05) is 54.6 Å². The van der Waals surface area contributed by atoms with Gasteiger partial charge in [-0.15, -0.1) is 0 Å². The van der Waals surface area contributed by atoms with Crippen LogP contribution in [0.1, 0.15) is 15.9 Å². The first kappa shape index (κ1) is 19.9. The highest BCUT2D eigenvalue weighted by molar-refractivity contribution is 7.80. The molecule has 0 aliphatic carbocycles. The number of thiocarbonyl (C=S) groups is 1. The van der Waals surface area contributed by atoms with Crippen molar-refractivity contribution in [1.29, 1.82) is 0 Å². The zero-order valence-corrected chi connectivity index (χ0v) is 15.9. The van der Waals surface area contributed by atoms with E-state index in [-0.39, 0.29) is 28.7 Å². The lowest BCUT2D eigenvalue weighted by atomic mass is 10.0. The summed E-state index contributed by atoms with van der Waals surface area (Å²) in [5.74, 6) is -1.11. The van der Waals surface area contributed by atoms with Gasteiger partial charge in [-0.05, 0) is 34.6 Å². The molecule has 0 aromatic heterocycles. The molecule has 0 atom stereocenters. The number of benzene rings is 3. The molecule has 2 amide bonds. The lowest BCUT2D eigenvalue weighted by molar-refractivity contribution is -0.385. The maximum atomic E-state index is 12.3. The first-order valence-electron chi connectivity index (χ1n) is 8.56. The minimum Gasteiger partial charge on any atom is -0.302 e. The van der Waals surface area contributed by atoms with Gasteiger partial charge in [0.05, 0.1) is 11.3 Å². The lowest BCUT2D eigenvalue weighted by Gasteiger charge is -2.11. The number of nitro groups is 1. The third-order valence-electron chi connectivity index (χ3n) is 4.12. The highest BCUT2D eigenvalue weighted by Crippen LogP contribution is 2.19. The second kappa shape index (κ2) is 8.89. The molecule has 8 nitrogen and oxygen atoms in total. The number of nitrogens with zero attached hydrogens (tertiary/aromatic N) is 1. The zero-order valence-electron chi connectivity index (χ0n) is 15.0. The smallest absolute Gasteiger partial charge is 0.282 e. The van der Waals surface area contributed by atoms with E-state index in [9.17, 15) is 19.7 Å². The van der Waals surface area contributed by atoms with Gasteiger partial charge in [0.1, 0.15) is 5.56 Å². The Morgan fingerprint density at radius 1 is 0.931 bits per heavy atom. The summed E-state index contributed by atoms with van der Waals surface area (Å²) < 4.78 is 0. The number of fused-ring (bicyclic) bond motifs is 1. The van der Waals surface area contributed by atoms with Gasteiger partial charge >= 0.3 is 0 Å². The highest BCUT2D eigenvalue weighted by Gasteiger charge is 2.19. The Kier molecular flexibility index (Phi) is 6.10. The Balaban J connectivity index is 1.57. The molecule has 0 aliphatic heterocycles. The molecule has 0 bridgehead atoms. The van der Waals surface area contributed by atoms with Crippen molar-refractivity contribution in [2.45, 2.75) is 6.42 Å². The summed E-state index contributed by atoms with van der Waals surface area (Å²) in [6.45, 7) is 0. The summed E-state index contributed by atoms with van der Waals surface area (Å²) in [5.41, 5.74) is 5.00. The van der Waals surface area contributed by atoms with Crippen LogP contribution in [0.15, 0.2) is 66.7 Å². The molecule has 3 aromatic rings. The van der Waals surface area contributed by atoms with Crippen LogP contribution < -0.4 is 16.2 Å². The van der Waals surface area contributed by atoms with Crippen LogP contribution in [0.5, 0.6) is 0 Å². The Hall–Kier alpha value is -3.85. The summed E-state index contributed by atoms with van der Waals surface area (Å²) in [6.07, 6.45) is 0.0985. The van der Waals surface area contributed by atoms with Gasteiger partial charge in [-0.25, -0.2) is 0 Å². The third kappa shape index (κ3) is 4.90. The van der Waals surface area contributed by atoms with Crippen molar-refractivity contribution in [2.75, 3.05) is 0 Å². The minimum absolute atomic E-state index is 0.0985. The van der Waals surface area contributed by atoms with Gasteiger partial charge in [0, 0.05) is 6.07 Å². The Bertz CT molecular complexity index is 1110. The Morgan fingerprint density at radius 2 is 1.62 bits per heavy atom. The number of nitrogens with one attached hydrogen (secondary N) is 3. The second-order valence-corrected chi connectivity index (χ2v) is 6.45. The van der Waals surface area contributed by atoms with E-state index in [2.05, 4.69) is 16.2 Å². The first-order chi connectivity index (χ1) is 14.0. The largest absolute Gasteiger partial charge is 0.302 e. The summed E-state index contributed by atoms with van der Waals surface area (Å²) in [7, 11) is 0. The fraction of sp³-hybridized carbons (Fsp3) is 0.0500. The average Bonchev–Trinajstić information content (AvgIpc) is 2.72.